The van der Waals surface area contributed by atoms with E-state index in [2.05, 4.69) is 12.1 Å². The van der Waals surface area contributed by atoms with E-state index in [-0.39, 0.29) is 12.4 Å². The molecule has 0 amide bonds. The van der Waals surface area contributed by atoms with E-state index in [1.165, 1.54) is 11.1 Å². The third-order valence-corrected chi connectivity index (χ3v) is 5.31. The molecule has 2 heterocycles. The van der Waals surface area contributed by atoms with Crippen LogP contribution in [0.1, 0.15) is 29.9 Å². The quantitative estimate of drug-likeness (QED) is 0.918. The predicted molar refractivity (Wildman–Crippen MR) is 94.9 cm³/mol. The summed E-state index contributed by atoms with van der Waals surface area (Å²) in [5.41, 5.74) is 2.49. The summed E-state index contributed by atoms with van der Waals surface area (Å²) in [4.78, 5) is 0. The van der Waals surface area contributed by atoms with Crippen LogP contribution in [-0.4, -0.2) is 31.2 Å². The molecular formula is C21H24O4. The number of aromatic hydroxyl groups is 1. The van der Waals surface area contributed by atoms with Crippen LogP contribution in [0.3, 0.4) is 0 Å². The Morgan fingerprint density at radius 2 is 1.80 bits per heavy atom. The molecule has 0 saturated carbocycles. The molecule has 0 bridgehead atoms. The lowest BCUT2D eigenvalue weighted by atomic mass is 9.85. The van der Waals surface area contributed by atoms with Crippen LogP contribution in [0.2, 0.25) is 0 Å². The maximum atomic E-state index is 9.40. The second kappa shape index (κ2) is 7.06. The van der Waals surface area contributed by atoms with Crippen molar-refractivity contribution in [3.8, 4) is 11.5 Å². The minimum Gasteiger partial charge on any atom is -0.508 e. The van der Waals surface area contributed by atoms with E-state index >= 15 is 0 Å². The highest BCUT2D eigenvalue weighted by Gasteiger charge is 2.40. The number of phenolic OH excluding ortho intramolecular Hbond substituents is 1. The first-order valence-corrected chi connectivity index (χ1v) is 8.90. The topological polar surface area (TPSA) is 47.9 Å². The Morgan fingerprint density at radius 3 is 2.52 bits per heavy atom. The highest BCUT2D eigenvalue weighted by Crippen LogP contribution is 2.41. The number of fused-ring (bicyclic) bond motifs is 1. The first kappa shape index (κ1) is 16.4. The van der Waals surface area contributed by atoms with E-state index < -0.39 is 0 Å². The van der Waals surface area contributed by atoms with Crippen LogP contribution in [0.25, 0.3) is 0 Å². The first-order chi connectivity index (χ1) is 12.2. The summed E-state index contributed by atoms with van der Waals surface area (Å²) in [5, 5.41) is 9.40. The van der Waals surface area contributed by atoms with Gasteiger partial charge in [-0.2, -0.15) is 0 Å². The van der Waals surface area contributed by atoms with Gasteiger partial charge in [-0.25, -0.2) is 0 Å². The first-order valence-electron chi connectivity index (χ1n) is 8.90. The van der Waals surface area contributed by atoms with E-state index in [9.17, 15) is 5.11 Å². The molecule has 0 aliphatic carbocycles. The smallest absolute Gasteiger partial charge is 0.160 e. The number of hydrogen-bond acceptors (Lipinski definition) is 4. The second-order valence-electron chi connectivity index (χ2n) is 7.03. The van der Waals surface area contributed by atoms with Crippen LogP contribution in [0.4, 0.5) is 0 Å². The van der Waals surface area contributed by atoms with Gasteiger partial charge in [-0.15, -0.1) is 0 Å². The summed E-state index contributed by atoms with van der Waals surface area (Å²) < 4.78 is 17.4. The van der Waals surface area contributed by atoms with E-state index in [4.69, 9.17) is 14.2 Å². The molecule has 2 aromatic carbocycles. The van der Waals surface area contributed by atoms with Gasteiger partial charge in [-0.1, -0.05) is 24.3 Å². The molecule has 4 heteroatoms. The van der Waals surface area contributed by atoms with Gasteiger partial charge in [0.2, 0.25) is 0 Å². The van der Waals surface area contributed by atoms with Gasteiger partial charge in [0.25, 0.3) is 0 Å². The molecule has 0 radical (unpaired) electrons. The van der Waals surface area contributed by atoms with Crippen molar-refractivity contribution in [2.24, 2.45) is 5.92 Å². The Hall–Kier alpha value is -2.04. The van der Waals surface area contributed by atoms with E-state index in [1.807, 2.05) is 24.3 Å². The highest BCUT2D eigenvalue weighted by atomic mass is 16.7. The lowest BCUT2D eigenvalue weighted by molar-refractivity contribution is -0.171. The van der Waals surface area contributed by atoms with Crippen molar-refractivity contribution in [2.45, 2.75) is 37.6 Å². The van der Waals surface area contributed by atoms with Gasteiger partial charge in [0, 0.05) is 11.8 Å². The molecule has 2 aliphatic rings. The fourth-order valence-electron chi connectivity index (χ4n) is 3.97. The largest absolute Gasteiger partial charge is 0.508 e. The van der Waals surface area contributed by atoms with Crippen LogP contribution in [-0.2, 0) is 15.9 Å². The van der Waals surface area contributed by atoms with Gasteiger partial charge < -0.3 is 19.3 Å². The molecular weight excluding hydrogens is 316 g/mol. The molecule has 0 aromatic heterocycles. The summed E-state index contributed by atoms with van der Waals surface area (Å²) in [7, 11) is 1.69. The number of methoxy groups -OCH3 is 1. The monoisotopic (exact) mass is 340 g/mol. The zero-order chi connectivity index (χ0) is 17.2. The van der Waals surface area contributed by atoms with Crippen LogP contribution in [0.5, 0.6) is 11.5 Å². The highest BCUT2D eigenvalue weighted by molar-refractivity contribution is 5.30. The molecule has 4 atom stereocenters. The number of benzene rings is 2. The average Bonchev–Trinajstić information content (AvgIpc) is 3.05. The molecule has 2 aromatic rings. The third-order valence-electron chi connectivity index (χ3n) is 5.31. The van der Waals surface area contributed by atoms with E-state index in [0.717, 1.165) is 25.0 Å². The van der Waals surface area contributed by atoms with Crippen molar-refractivity contribution < 1.29 is 19.3 Å². The summed E-state index contributed by atoms with van der Waals surface area (Å²) in [5.74, 6) is 2.05. The lowest BCUT2D eigenvalue weighted by Crippen LogP contribution is -2.30. The van der Waals surface area contributed by atoms with Crippen molar-refractivity contribution in [1.82, 2.24) is 0 Å². The Labute approximate surface area is 148 Å². The molecule has 2 fully saturated rings. The van der Waals surface area contributed by atoms with Crippen molar-refractivity contribution in [2.75, 3.05) is 13.7 Å². The standard InChI is InChI=1S/C21H24O4/c1-23-19-8-4-15(5-9-19)17-11-16-12-20(25-21(16)24-13-17)10-14-2-6-18(22)7-3-14/h2-9,16-17,20-22H,10-13H2,1H3. The number of hydrogen-bond donors (Lipinski definition) is 1. The zero-order valence-electron chi connectivity index (χ0n) is 14.4. The minimum atomic E-state index is -0.0726. The molecule has 4 nitrogen and oxygen atoms in total. The van der Waals surface area contributed by atoms with Gasteiger partial charge in [-0.3, -0.25) is 0 Å². The maximum Gasteiger partial charge on any atom is 0.160 e. The van der Waals surface area contributed by atoms with Gasteiger partial charge in [0.1, 0.15) is 11.5 Å². The van der Waals surface area contributed by atoms with Crippen molar-refractivity contribution in [1.29, 1.82) is 0 Å². The van der Waals surface area contributed by atoms with Crippen LogP contribution in [0.15, 0.2) is 48.5 Å². The fraction of sp³-hybridized carbons (Fsp3) is 0.429. The molecule has 4 unspecified atom stereocenters. The van der Waals surface area contributed by atoms with Crippen LogP contribution >= 0.6 is 0 Å². The fourth-order valence-corrected chi connectivity index (χ4v) is 3.97. The third kappa shape index (κ3) is 3.65. The number of phenols is 1. The van der Waals surface area contributed by atoms with Crippen LogP contribution < -0.4 is 4.74 Å². The second-order valence-corrected chi connectivity index (χ2v) is 7.03. The molecule has 2 aliphatic heterocycles. The van der Waals surface area contributed by atoms with Crippen molar-refractivity contribution in [3.05, 3.63) is 59.7 Å². The Bertz CT molecular complexity index is 695. The van der Waals surface area contributed by atoms with E-state index in [1.54, 1.807) is 19.2 Å². The van der Waals surface area contributed by atoms with Gasteiger partial charge in [-0.05, 0) is 54.7 Å². The maximum absolute atomic E-state index is 9.40. The SMILES string of the molecule is COc1ccc(C2COC3OC(Cc4ccc(O)cc4)CC3C2)cc1. The van der Waals surface area contributed by atoms with Crippen molar-refractivity contribution in [3.63, 3.8) is 0 Å². The van der Waals surface area contributed by atoms with Gasteiger partial charge in [0.05, 0.1) is 19.8 Å². The Kier molecular flexibility index (Phi) is 4.64. The predicted octanol–water partition coefficient (Wildman–Crippen LogP) is 3.88. The summed E-state index contributed by atoms with van der Waals surface area (Å²) in [6, 6.07) is 15.7. The normalized spacial score (nSPS) is 28.5. The minimum absolute atomic E-state index is 0.0726. The average molecular weight is 340 g/mol. The molecule has 4 rings (SSSR count). The van der Waals surface area contributed by atoms with E-state index in [0.29, 0.717) is 24.2 Å². The molecule has 2 saturated heterocycles. The summed E-state index contributed by atoms with van der Waals surface area (Å²) >= 11 is 0. The Balaban J connectivity index is 1.37. The van der Waals surface area contributed by atoms with Gasteiger partial charge >= 0.3 is 0 Å². The van der Waals surface area contributed by atoms with Gasteiger partial charge in [0.15, 0.2) is 6.29 Å². The number of ether oxygens (including phenoxy) is 3. The molecule has 132 valence electrons. The summed E-state index contributed by atoms with van der Waals surface area (Å²) in [6.45, 7) is 0.708. The molecule has 0 spiro atoms. The molecule has 1 N–H and O–H groups in total. The van der Waals surface area contributed by atoms with Crippen molar-refractivity contribution >= 4 is 0 Å². The zero-order valence-corrected chi connectivity index (χ0v) is 14.4. The van der Waals surface area contributed by atoms with Crippen LogP contribution in [0, 0.1) is 5.92 Å². The number of rotatable bonds is 4. The molecule has 25 heavy (non-hydrogen) atoms. The summed E-state index contributed by atoms with van der Waals surface area (Å²) in [6.07, 6.45) is 3.11. The Morgan fingerprint density at radius 1 is 1.04 bits per heavy atom. The lowest BCUT2D eigenvalue weighted by Gasteiger charge is -2.31.